The minimum atomic E-state index is -1.58. The van der Waals surface area contributed by atoms with Crippen LogP contribution in [-0.4, -0.2) is 19.8 Å². The lowest BCUT2D eigenvalue weighted by atomic mass is 9.92. The molecule has 0 aromatic rings. The first kappa shape index (κ1) is 26.7. The SMILES string of the molecule is CC(C)(C)OOC1CCCCCCCCCCCC(C#C[Si](C)(C)C(C)(C)C)C1. The van der Waals surface area contributed by atoms with Crippen molar-refractivity contribution in [1.82, 2.24) is 0 Å². The van der Waals surface area contributed by atoms with E-state index < -0.39 is 8.07 Å². The molecular formula is C26H50O2Si. The fraction of sp³-hybridized carbons (Fsp3) is 0.923. The van der Waals surface area contributed by atoms with Gasteiger partial charge in [-0.2, -0.15) is 0 Å². The van der Waals surface area contributed by atoms with Gasteiger partial charge in [0.05, 0.1) is 11.7 Å². The van der Waals surface area contributed by atoms with Gasteiger partial charge in [0.25, 0.3) is 0 Å². The summed E-state index contributed by atoms with van der Waals surface area (Å²) in [5.41, 5.74) is 3.53. The monoisotopic (exact) mass is 422 g/mol. The van der Waals surface area contributed by atoms with E-state index in [1.54, 1.807) is 0 Å². The quantitative estimate of drug-likeness (QED) is 0.192. The molecule has 1 aliphatic carbocycles. The maximum atomic E-state index is 5.98. The third kappa shape index (κ3) is 12.2. The maximum absolute atomic E-state index is 5.98. The highest BCUT2D eigenvalue weighted by molar-refractivity contribution is 6.87. The predicted octanol–water partition coefficient (Wildman–Crippen LogP) is 8.46. The average Bonchev–Trinajstić information content (AvgIpc) is 2.59. The number of hydrogen-bond acceptors (Lipinski definition) is 2. The van der Waals surface area contributed by atoms with E-state index in [2.05, 4.69) is 66.1 Å². The summed E-state index contributed by atoms with van der Waals surface area (Å²) in [5.74, 6) is 4.18. The Morgan fingerprint density at radius 1 is 0.724 bits per heavy atom. The van der Waals surface area contributed by atoms with Crippen molar-refractivity contribution in [3.63, 3.8) is 0 Å². The molecule has 0 N–H and O–H groups in total. The molecule has 2 atom stereocenters. The molecule has 1 fully saturated rings. The van der Waals surface area contributed by atoms with Crippen molar-refractivity contribution < 1.29 is 9.78 Å². The molecule has 0 radical (unpaired) electrons. The zero-order chi connectivity index (χ0) is 22.0. The van der Waals surface area contributed by atoms with Crippen LogP contribution in [0.2, 0.25) is 18.1 Å². The van der Waals surface area contributed by atoms with Gasteiger partial charge in [0, 0.05) is 5.92 Å². The Balaban J connectivity index is 2.89. The highest BCUT2D eigenvalue weighted by Gasteiger charge is 2.34. The molecule has 1 saturated carbocycles. The van der Waals surface area contributed by atoms with Crippen LogP contribution in [0.25, 0.3) is 0 Å². The Bertz CT molecular complexity index is 502. The molecular weight excluding hydrogens is 372 g/mol. The molecule has 29 heavy (non-hydrogen) atoms. The van der Waals surface area contributed by atoms with Crippen LogP contribution in [-0.2, 0) is 9.78 Å². The van der Waals surface area contributed by atoms with E-state index >= 15 is 0 Å². The first-order valence-corrected chi connectivity index (χ1v) is 15.3. The molecule has 0 spiro atoms. The van der Waals surface area contributed by atoms with Gasteiger partial charge in [0.2, 0.25) is 0 Å². The highest BCUT2D eigenvalue weighted by atomic mass is 28.3. The van der Waals surface area contributed by atoms with Gasteiger partial charge in [-0.3, -0.25) is 0 Å². The second kappa shape index (κ2) is 12.5. The third-order valence-electron chi connectivity index (χ3n) is 6.52. The van der Waals surface area contributed by atoms with Crippen LogP contribution < -0.4 is 0 Å². The van der Waals surface area contributed by atoms with Gasteiger partial charge >= 0.3 is 0 Å². The number of rotatable bonds is 2. The van der Waals surface area contributed by atoms with Crippen LogP contribution in [0.4, 0.5) is 0 Å². The summed E-state index contributed by atoms with van der Waals surface area (Å²) in [6.07, 6.45) is 15.6. The van der Waals surface area contributed by atoms with Crippen molar-refractivity contribution in [1.29, 1.82) is 0 Å². The van der Waals surface area contributed by atoms with E-state index in [9.17, 15) is 0 Å². The molecule has 2 nitrogen and oxygen atoms in total. The Kier molecular flexibility index (Phi) is 11.5. The molecule has 0 bridgehead atoms. The summed E-state index contributed by atoms with van der Waals surface area (Å²) in [7, 11) is -1.58. The minimum absolute atomic E-state index is 0.163. The Morgan fingerprint density at radius 3 is 1.69 bits per heavy atom. The predicted molar refractivity (Wildman–Crippen MR) is 130 cm³/mol. The summed E-state index contributed by atoms with van der Waals surface area (Å²) in [6, 6.07) is 0. The van der Waals surface area contributed by atoms with Gasteiger partial charge in [0.1, 0.15) is 8.07 Å². The molecule has 0 heterocycles. The highest BCUT2D eigenvalue weighted by Crippen LogP contribution is 2.35. The summed E-state index contributed by atoms with van der Waals surface area (Å²) in [6.45, 7) is 18.1. The van der Waals surface area contributed by atoms with Gasteiger partial charge in [0.15, 0.2) is 0 Å². The molecule has 0 aliphatic heterocycles. The molecule has 0 aromatic heterocycles. The van der Waals surface area contributed by atoms with Gasteiger partial charge in [-0.1, -0.05) is 91.7 Å². The van der Waals surface area contributed by atoms with Crippen LogP contribution in [0.5, 0.6) is 0 Å². The normalized spacial score (nSPS) is 24.3. The topological polar surface area (TPSA) is 18.5 Å². The van der Waals surface area contributed by atoms with Crippen molar-refractivity contribution in [2.75, 3.05) is 0 Å². The smallest absolute Gasteiger partial charge is 0.137 e. The molecule has 170 valence electrons. The lowest BCUT2D eigenvalue weighted by Crippen LogP contribution is -2.35. The van der Waals surface area contributed by atoms with E-state index in [4.69, 9.17) is 9.78 Å². The first-order chi connectivity index (χ1) is 13.4. The largest absolute Gasteiger partial charge is 0.233 e. The van der Waals surface area contributed by atoms with Crippen molar-refractivity contribution in [3.05, 3.63) is 0 Å². The van der Waals surface area contributed by atoms with Gasteiger partial charge in [-0.05, 0) is 45.1 Å². The summed E-state index contributed by atoms with van der Waals surface area (Å²) in [4.78, 5) is 11.7. The molecule has 0 saturated heterocycles. The van der Waals surface area contributed by atoms with Crippen molar-refractivity contribution in [2.24, 2.45) is 5.92 Å². The van der Waals surface area contributed by atoms with Crippen molar-refractivity contribution in [3.8, 4) is 11.5 Å². The summed E-state index contributed by atoms with van der Waals surface area (Å²) in [5, 5.41) is 0.312. The average molecular weight is 423 g/mol. The fourth-order valence-corrected chi connectivity index (χ4v) is 4.39. The van der Waals surface area contributed by atoms with Crippen LogP contribution >= 0.6 is 0 Å². The summed E-state index contributed by atoms with van der Waals surface area (Å²) < 4.78 is 0. The van der Waals surface area contributed by atoms with Crippen molar-refractivity contribution >= 4 is 8.07 Å². The van der Waals surface area contributed by atoms with Gasteiger partial charge < -0.3 is 0 Å². The molecule has 3 heteroatoms. The van der Waals surface area contributed by atoms with Crippen LogP contribution in [0.3, 0.4) is 0 Å². The van der Waals surface area contributed by atoms with Crippen LogP contribution in [0.1, 0.15) is 119 Å². The molecule has 1 rings (SSSR count). The zero-order valence-electron chi connectivity index (χ0n) is 21.0. The first-order valence-electron chi connectivity index (χ1n) is 12.3. The lowest BCUT2D eigenvalue weighted by molar-refractivity contribution is -0.375. The Labute approximate surface area is 183 Å². The number of hydrogen-bond donors (Lipinski definition) is 0. The second-order valence-electron chi connectivity index (χ2n) is 11.8. The minimum Gasteiger partial charge on any atom is -0.233 e. The lowest BCUT2D eigenvalue weighted by Gasteiger charge is -2.32. The zero-order valence-corrected chi connectivity index (χ0v) is 22.0. The Hall–Kier alpha value is -0.303. The Morgan fingerprint density at radius 2 is 1.21 bits per heavy atom. The van der Waals surface area contributed by atoms with E-state index in [0.717, 1.165) is 12.8 Å². The summed E-state index contributed by atoms with van der Waals surface area (Å²) >= 11 is 0. The van der Waals surface area contributed by atoms with E-state index in [0.29, 0.717) is 11.0 Å². The molecule has 1 aliphatic rings. The fourth-order valence-electron chi connectivity index (χ4n) is 3.45. The third-order valence-corrected chi connectivity index (χ3v) is 11.0. The van der Waals surface area contributed by atoms with Crippen LogP contribution in [0.15, 0.2) is 0 Å². The van der Waals surface area contributed by atoms with E-state index in [-0.39, 0.29) is 11.7 Å². The molecule has 2 unspecified atom stereocenters. The van der Waals surface area contributed by atoms with Gasteiger partial charge in [-0.15, -0.1) is 11.5 Å². The van der Waals surface area contributed by atoms with Gasteiger partial charge in [-0.25, -0.2) is 9.78 Å². The standard InChI is InChI=1S/C26H50O2Si/c1-25(2,3)28-27-24-19-17-15-13-11-9-10-12-14-16-18-23(22-24)20-21-29(7,8)26(4,5)6/h23-24H,9-19,22H2,1-8H3. The van der Waals surface area contributed by atoms with Crippen LogP contribution in [0, 0.1) is 17.4 Å². The second-order valence-corrected chi connectivity index (χ2v) is 16.8. The van der Waals surface area contributed by atoms with Crippen molar-refractivity contribution in [2.45, 2.75) is 148 Å². The molecule has 0 aromatic carbocycles. The van der Waals surface area contributed by atoms with E-state index in [1.807, 2.05) is 0 Å². The van der Waals surface area contributed by atoms with E-state index in [1.165, 1.54) is 64.2 Å². The molecule has 0 amide bonds. The maximum Gasteiger partial charge on any atom is 0.137 e.